The van der Waals surface area contributed by atoms with Gasteiger partial charge in [0.1, 0.15) is 0 Å². The van der Waals surface area contributed by atoms with E-state index in [0.717, 1.165) is 31.6 Å². The SMILES string of the molecule is Cc1cc(N)cc(C(=O)NC2CCOCC2)c1. The van der Waals surface area contributed by atoms with Gasteiger partial charge in [0.15, 0.2) is 0 Å². The van der Waals surface area contributed by atoms with E-state index in [2.05, 4.69) is 5.32 Å². The summed E-state index contributed by atoms with van der Waals surface area (Å²) in [7, 11) is 0. The summed E-state index contributed by atoms with van der Waals surface area (Å²) < 4.78 is 5.25. The van der Waals surface area contributed by atoms with Gasteiger partial charge >= 0.3 is 0 Å². The summed E-state index contributed by atoms with van der Waals surface area (Å²) in [5, 5.41) is 3.02. The number of carbonyl (C=O) groups is 1. The molecular formula is C13H18N2O2. The Morgan fingerprint density at radius 1 is 1.35 bits per heavy atom. The van der Waals surface area contributed by atoms with Crippen molar-refractivity contribution in [3.63, 3.8) is 0 Å². The number of nitrogens with one attached hydrogen (secondary N) is 1. The fourth-order valence-electron chi connectivity index (χ4n) is 2.05. The zero-order valence-electron chi connectivity index (χ0n) is 10.0. The molecule has 2 rings (SSSR count). The molecule has 4 nitrogen and oxygen atoms in total. The average molecular weight is 234 g/mol. The van der Waals surface area contributed by atoms with Gasteiger partial charge < -0.3 is 15.8 Å². The van der Waals surface area contributed by atoms with E-state index in [4.69, 9.17) is 10.5 Å². The van der Waals surface area contributed by atoms with Crippen LogP contribution in [0.15, 0.2) is 18.2 Å². The number of anilines is 1. The number of nitrogen functional groups attached to an aromatic ring is 1. The second-order valence-corrected chi connectivity index (χ2v) is 4.49. The maximum absolute atomic E-state index is 12.0. The molecule has 0 aromatic heterocycles. The predicted molar refractivity (Wildman–Crippen MR) is 66.9 cm³/mol. The van der Waals surface area contributed by atoms with Crippen molar-refractivity contribution in [2.75, 3.05) is 18.9 Å². The van der Waals surface area contributed by atoms with Crippen LogP contribution in [0.25, 0.3) is 0 Å². The van der Waals surface area contributed by atoms with Crippen LogP contribution in [0.4, 0.5) is 5.69 Å². The van der Waals surface area contributed by atoms with Gasteiger partial charge in [0.05, 0.1) is 0 Å². The molecule has 1 heterocycles. The van der Waals surface area contributed by atoms with Crippen LogP contribution >= 0.6 is 0 Å². The Morgan fingerprint density at radius 3 is 2.71 bits per heavy atom. The molecule has 0 unspecified atom stereocenters. The molecule has 0 spiro atoms. The van der Waals surface area contributed by atoms with Gasteiger partial charge in [-0.25, -0.2) is 0 Å². The van der Waals surface area contributed by atoms with Crippen LogP contribution in [-0.2, 0) is 4.74 Å². The molecule has 1 amide bonds. The van der Waals surface area contributed by atoms with Gasteiger partial charge in [-0.05, 0) is 43.5 Å². The number of carbonyl (C=O) groups excluding carboxylic acids is 1. The number of ether oxygens (including phenoxy) is 1. The molecule has 1 aromatic carbocycles. The number of amides is 1. The van der Waals surface area contributed by atoms with Crippen molar-refractivity contribution in [3.8, 4) is 0 Å². The fourth-order valence-corrected chi connectivity index (χ4v) is 2.05. The summed E-state index contributed by atoms with van der Waals surface area (Å²) >= 11 is 0. The van der Waals surface area contributed by atoms with Gasteiger partial charge in [-0.1, -0.05) is 0 Å². The van der Waals surface area contributed by atoms with Crippen molar-refractivity contribution in [2.45, 2.75) is 25.8 Å². The summed E-state index contributed by atoms with van der Waals surface area (Å²) in [5.74, 6) is -0.0488. The molecule has 0 bridgehead atoms. The first kappa shape index (κ1) is 11.9. The minimum Gasteiger partial charge on any atom is -0.399 e. The number of benzene rings is 1. The van der Waals surface area contributed by atoms with E-state index < -0.39 is 0 Å². The lowest BCUT2D eigenvalue weighted by Gasteiger charge is -2.23. The summed E-state index contributed by atoms with van der Waals surface area (Å²) in [6, 6.07) is 5.63. The lowest BCUT2D eigenvalue weighted by Crippen LogP contribution is -2.38. The van der Waals surface area contributed by atoms with E-state index >= 15 is 0 Å². The van der Waals surface area contributed by atoms with Crippen LogP contribution in [0.5, 0.6) is 0 Å². The van der Waals surface area contributed by atoms with Crippen molar-refractivity contribution < 1.29 is 9.53 Å². The number of aryl methyl sites for hydroxylation is 1. The van der Waals surface area contributed by atoms with E-state index in [1.54, 1.807) is 6.07 Å². The summed E-state index contributed by atoms with van der Waals surface area (Å²) in [5.41, 5.74) is 7.99. The highest BCUT2D eigenvalue weighted by atomic mass is 16.5. The molecule has 1 saturated heterocycles. The van der Waals surface area contributed by atoms with Crippen molar-refractivity contribution in [1.82, 2.24) is 5.32 Å². The molecule has 1 aromatic rings. The van der Waals surface area contributed by atoms with Gasteiger partial charge in [-0.3, -0.25) is 4.79 Å². The lowest BCUT2D eigenvalue weighted by atomic mass is 10.1. The monoisotopic (exact) mass is 234 g/mol. The zero-order chi connectivity index (χ0) is 12.3. The third-order valence-corrected chi connectivity index (χ3v) is 2.92. The van der Waals surface area contributed by atoms with E-state index in [9.17, 15) is 4.79 Å². The smallest absolute Gasteiger partial charge is 0.251 e. The van der Waals surface area contributed by atoms with Crippen molar-refractivity contribution in [2.24, 2.45) is 0 Å². The molecule has 17 heavy (non-hydrogen) atoms. The lowest BCUT2D eigenvalue weighted by molar-refractivity contribution is 0.0696. The van der Waals surface area contributed by atoms with Gasteiger partial charge in [0.2, 0.25) is 0 Å². The summed E-state index contributed by atoms with van der Waals surface area (Å²) in [4.78, 5) is 12.0. The Hall–Kier alpha value is -1.55. The third-order valence-electron chi connectivity index (χ3n) is 2.92. The molecular weight excluding hydrogens is 216 g/mol. The predicted octanol–water partition coefficient (Wildman–Crippen LogP) is 1.49. The molecule has 0 aliphatic carbocycles. The first-order chi connectivity index (χ1) is 8.15. The third kappa shape index (κ3) is 3.20. The maximum Gasteiger partial charge on any atom is 0.251 e. The Labute approximate surface area is 101 Å². The van der Waals surface area contributed by atoms with Crippen LogP contribution in [0, 0.1) is 6.92 Å². The Kier molecular flexibility index (Phi) is 3.64. The van der Waals surface area contributed by atoms with Crippen LogP contribution in [0.1, 0.15) is 28.8 Å². The summed E-state index contributed by atoms with van der Waals surface area (Å²) in [6.07, 6.45) is 1.76. The molecule has 1 fully saturated rings. The van der Waals surface area contributed by atoms with Crippen molar-refractivity contribution >= 4 is 11.6 Å². The van der Waals surface area contributed by atoms with Gasteiger partial charge in [0.25, 0.3) is 5.91 Å². The Balaban J connectivity index is 2.03. The van der Waals surface area contributed by atoms with E-state index in [1.807, 2.05) is 19.1 Å². The minimum absolute atomic E-state index is 0.0488. The zero-order valence-corrected chi connectivity index (χ0v) is 10.0. The molecule has 1 aliphatic heterocycles. The normalized spacial score (nSPS) is 16.8. The molecule has 0 atom stereocenters. The second kappa shape index (κ2) is 5.19. The van der Waals surface area contributed by atoms with Crippen LogP contribution in [0.3, 0.4) is 0 Å². The van der Waals surface area contributed by atoms with E-state index in [-0.39, 0.29) is 11.9 Å². The van der Waals surface area contributed by atoms with E-state index in [1.165, 1.54) is 0 Å². The van der Waals surface area contributed by atoms with Gasteiger partial charge in [0, 0.05) is 30.5 Å². The number of nitrogens with two attached hydrogens (primary N) is 1. The molecule has 0 saturated carbocycles. The van der Waals surface area contributed by atoms with E-state index in [0.29, 0.717) is 11.3 Å². The average Bonchev–Trinajstić information content (AvgIpc) is 2.29. The number of rotatable bonds is 2. The van der Waals surface area contributed by atoms with Crippen LogP contribution in [0.2, 0.25) is 0 Å². The highest BCUT2D eigenvalue weighted by Crippen LogP contribution is 2.13. The van der Waals surface area contributed by atoms with Crippen LogP contribution in [-0.4, -0.2) is 25.2 Å². The van der Waals surface area contributed by atoms with Crippen molar-refractivity contribution in [1.29, 1.82) is 0 Å². The minimum atomic E-state index is -0.0488. The molecule has 92 valence electrons. The quantitative estimate of drug-likeness (QED) is 0.762. The molecule has 3 N–H and O–H groups in total. The molecule has 0 radical (unpaired) electrons. The first-order valence-corrected chi connectivity index (χ1v) is 5.91. The highest BCUT2D eigenvalue weighted by Gasteiger charge is 2.17. The number of hydrogen-bond acceptors (Lipinski definition) is 3. The van der Waals surface area contributed by atoms with Crippen LogP contribution < -0.4 is 11.1 Å². The standard InChI is InChI=1S/C13H18N2O2/c1-9-6-10(8-11(14)7-9)13(16)15-12-2-4-17-5-3-12/h6-8,12H,2-5,14H2,1H3,(H,15,16). The second-order valence-electron chi connectivity index (χ2n) is 4.49. The van der Waals surface area contributed by atoms with Gasteiger partial charge in [-0.15, -0.1) is 0 Å². The Morgan fingerprint density at radius 2 is 2.06 bits per heavy atom. The molecule has 4 heteroatoms. The first-order valence-electron chi connectivity index (χ1n) is 5.91. The maximum atomic E-state index is 12.0. The number of hydrogen-bond donors (Lipinski definition) is 2. The summed E-state index contributed by atoms with van der Waals surface area (Å²) in [6.45, 7) is 3.38. The largest absolute Gasteiger partial charge is 0.399 e. The fraction of sp³-hybridized carbons (Fsp3) is 0.462. The Bertz CT molecular complexity index is 392. The van der Waals surface area contributed by atoms with Gasteiger partial charge in [-0.2, -0.15) is 0 Å². The van der Waals surface area contributed by atoms with Crippen molar-refractivity contribution in [3.05, 3.63) is 29.3 Å². The highest BCUT2D eigenvalue weighted by molar-refractivity contribution is 5.95. The topological polar surface area (TPSA) is 64.4 Å². The molecule has 1 aliphatic rings.